The van der Waals surface area contributed by atoms with Gasteiger partial charge in [0.15, 0.2) is 0 Å². The Labute approximate surface area is 97.0 Å². The first-order valence-corrected chi connectivity index (χ1v) is 5.77. The van der Waals surface area contributed by atoms with Crippen LogP contribution in [-0.4, -0.2) is 29.8 Å². The topological polar surface area (TPSA) is 68.2 Å². The van der Waals surface area contributed by atoms with Gasteiger partial charge in [-0.2, -0.15) is 4.98 Å². The summed E-state index contributed by atoms with van der Waals surface area (Å²) in [5.74, 6) is 1.77. The van der Waals surface area contributed by atoms with Crippen LogP contribution in [0.4, 0.5) is 5.95 Å². The summed E-state index contributed by atoms with van der Waals surface area (Å²) in [5, 5.41) is 3.96. The van der Waals surface area contributed by atoms with E-state index in [1.54, 1.807) is 0 Å². The number of rotatable bonds is 5. The molecular formula is C11H22N4O. The van der Waals surface area contributed by atoms with Gasteiger partial charge in [-0.05, 0) is 24.9 Å². The minimum Gasteiger partial charge on any atom is -0.342 e. The van der Waals surface area contributed by atoms with Crippen LogP contribution in [0.2, 0.25) is 0 Å². The average molecular weight is 226 g/mol. The van der Waals surface area contributed by atoms with Crippen molar-refractivity contribution >= 4 is 5.95 Å². The fourth-order valence-corrected chi connectivity index (χ4v) is 1.78. The fraction of sp³-hybridized carbons (Fsp3) is 0.818. The van der Waals surface area contributed by atoms with E-state index in [9.17, 15) is 0 Å². The molecule has 0 saturated heterocycles. The van der Waals surface area contributed by atoms with Gasteiger partial charge in [0.2, 0.25) is 5.89 Å². The van der Waals surface area contributed by atoms with Crippen LogP contribution in [0.25, 0.3) is 0 Å². The molecule has 1 heterocycles. The number of hydrogen-bond acceptors (Lipinski definition) is 5. The standard InChI is InChI=1S/C11H22N4O/c1-6-15(5)11-13-10(16-14-11)9(7(2)3)8(4)12/h7-9H,6,12H2,1-5H3. The largest absolute Gasteiger partial charge is 0.342 e. The van der Waals surface area contributed by atoms with Gasteiger partial charge in [0, 0.05) is 19.6 Å². The molecule has 16 heavy (non-hydrogen) atoms. The van der Waals surface area contributed by atoms with E-state index in [0.29, 0.717) is 17.8 Å². The molecule has 0 spiro atoms. The Hall–Kier alpha value is -1.10. The third-order valence-electron chi connectivity index (χ3n) is 2.82. The second-order valence-electron chi connectivity index (χ2n) is 4.58. The smallest absolute Gasteiger partial charge is 0.265 e. The molecule has 0 aliphatic heterocycles. The highest BCUT2D eigenvalue weighted by Crippen LogP contribution is 2.26. The van der Waals surface area contributed by atoms with Crippen molar-refractivity contribution in [1.82, 2.24) is 10.1 Å². The van der Waals surface area contributed by atoms with E-state index in [1.807, 2.05) is 25.8 Å². The third kappa shape index (κ3) is 2.72. The summed E-state index contributed by atoms with van der Waals surface area (Å²) < 4.78 is 5.29. The van der Waals surface area contributed by atoms with Gasteiger partial charge in [-0.15, -0.1) is 0 Å². The van der Waals surface area contributed by atoms with Gasteiger partial charge < -0.3 is 15.2 Å². The zero-order valence-electron chi connectivity index (χ0n) is 10.8. The molecular weight excluding hydrogens is 204 g/mol. The summed E-state index contributed by atoms with van der Waals surface area (Å²) in [6, 6.07) is 0.0141. The van der Waals surface area contributed by atoms with Crippen LogP contribution in [0.15, 0.2) is 4.52 Å². The Balaban J connectivity index is 2.90. The van der Waals surface area contributed by atoms with Crippen LogP contribution in [0.5, 0.6) is 0 Å². The molecule has 2 unspecified atom stereocenters. The molecule has 0 aliphatic rings. The number of nitrogens with zero attached hydrogens (tertiary/aromatic N) is 3. The van der Waals surface area contributed by atoms with Crippen molar-refractivity contribution in [3.8, 4) is 0 Å². The van der Waals surface area contributed by atoms with E-state index in [0.717, 1.165) is 6.54 Å². The molecule has 0 bridgehead atoms. The van der Waals surface area contributed by atoms with Crippen molar-refractivity contribution in [2.45, 2.75) is 39.7 Å². The summed E-state index contributed by atoms with van der Waals surface area (Å²) in [6.07, 6.45) is 0. The maximum Gasteiger partial charge on any atom is 0.265 e. The number of anilines is 1. The maximum absolute atomic E-state index is 5.95. The normalized spacial score (nSPS) is 15.2. The molecule has 0 radical (unpaired) electrons. The van der Waals surface area contributed by atoms with Crippen molar-refractivity contribution in [3.05, 3.63) is 5.89 Å². The molecule has 0 saturated carbocycles. The predicted molar refractivity (Wildman–Crippen MR) is 64.5 cm³/mol. The first-order valence-electron chi connectivity index (χ1n) is 5.77. The molecule has 2 N–H and O–H groups in total. The maximum atomic E-state index is 5.95. The number of hydrogen-bond donors (Lipinski definition) is 1. The predicted octanol–water partition coefficient (Wildman–Crippen LogP) is 1.61. The minimum absolute atomic E-state index is 0.0141. The van der Waals surface area contributed by atoms with Gasteiger partial charge in [-0.1, -0.05) is 13.8 Å². The fourth-order valence-electron chi connectivity index (χ4n) is 1.78. The van der Waals surface area contributed by atoms with Crippen molar-refractivity contribution < 1.29 is 4.52 Å². The van der Waals surface area contributed by atoms with Crippen molar-refractivity contribution in [3.63, 3.8) is 0 Å². The Morgan fingerprint density at radius 1 is 1.38 bits per heavy atom. The molecule has 1 aromatic rings. The Kier molecular flexibility index (Phi) is 4.29. The van der Waals surface area contributed by atoms with E-state index in [4.69, 9.17) is 10.3 Å². The number of aromatic nitrogens is 2. The van der Waals surface area contributed by atoms with E-state index in [-0.39, 0.29) is 12.0 Å². The van der Waals surface area contributed by atoms with Gasteiger partial charge in [0.05, 0.1) is 5.92 Å². The second-order valence-corrected chi connectivity index (χ2v) is 4.58. The summed E-state index contributed by atoms with van der Waals surface area (Å²) in [4.78, 5) is 6.33. The molecule has 5 nitrogen and oxygen atoms in total. The summed E-state index contributed by atoms with van der Waals surface area (Å²) in [5.41, 5.74) is 5.95. The van der Waals surface area contributed by atoms with Gasteiger partial charge in [0.1, 0.15) is 0 Å². The molecule has 0 aromatic carbocycles. The van der Waals surface area contributed by atoms with Crippen LogP contribution in [0.3, 0.4) is 0 Å². The molecule has 1 aromatic heterocycles. The number of nitrogens with two attached hydrogens (primary N) is 1. The second kappa shape index (κ2) is 5.30. The van der Waals surface area contributed by atoms with Crippen molar-refractivity contribution in [2.24, 2.45) is 11.7 Å². The van der Waals surface area contributed by atoms with Crippen LogP contribution >= 0.6 is 0 Å². The highest BCUT2D eigenvalue weighted by molar-refractivity contribution is 5.26. The lowest BCUT2D eigenvalue weighted by Crippen LogP contribution is -2.29. The van der Waals surface area contributed by atoms with Gasteiger partial charge >= 0.3 is 0 Å². The molecule has 1 rings (SSSR count). The van der Waals surface area contributed by atoms with Gasteiger partial charge in [-0.3, -0.25) is 0 Å². The lowest BCUT2D eigenvalue weighted by atomic mass is 9.90. The Morgan fingerprint density at radius 3 is 2.44 bits per heavy atom. The van der Waals surface area contributed by atoms with E-state index >= 15 is 0 Å². The molecule has 0 aliphatic carbocycles. The quantitative estimate of drug-likeness (QED) is 0.826. The zero-order chi connectivity index (χ0) is 12.3. The Bertz CT molecular complexity index is 314. The van der Waals surface area contributed by atoms with Crippen LogP contribution < -0.4 is 10.6 Å². The highest BCUT2D eigenvalue weighted by Gasteiger charge is 2.26. The molecule has 5 heteroatoms. The van der Waals surface area contributed by atoms with Crippen LogP contribution in [0.1, 0.15) is 39.5 Å². The van der Waals surface area contributed by atoms with Crippen molar-refractivity contribution in [2.75, 3.05) is 18.5 Å². The summed E-state index contributed by atoms with van der Waals surface area (Å²) in [6.45, 7) is 9.09. The first-order chi connectivity index (χ1) is 7.47. The monoisotopic (exact) mass is 226 g/mol. The van der Waals surface area contributed by atoms with E-state index < -0.39 is 0 Å². The summed E-state index contributed by atoms with van der Waals surface area (Å²) in [7, 11) is 1.94. The van der Waals surface area contributed by atoms with Crippen molar-refractivity contribution in [1.29, 1.82) is 0 Å². The SMILES string of the molecule is CCN(C)c1noc(C(C(C)C)C(C)N)n1. The van der Waals surface area contributed by atoms with Gasteiger partial charge in [-0.25, -0.2) is 0 Å². The molecule has 0 amide bonds. The third-order valence-corrected chi connectivity index (χ3v) is 2.82. The average Bonchev–Trinajstić information content (AvgIpc) is 2.64. The molecule has 2 atom stereocenters. The summed E-state index contributed by atoms with van der Waals surface area (Å²) >= 11 is 0. The highest BCUT2D eigenvalue weighted by atomic mass is 16.5. The lowest BCUT2D eigenvalue weighted by Gasteiger charge is -2.20. The zero-order valence-corrected chi connectivity index (χ0v) is 10.8. The first kappa shape index (κ1) is 13.0. The Morgan fingerprint density at radius 2 is 2.00 bits per heavy atom. The molecule has 92 valence electrons. The lowest BCUT2D eigenvalue weighted by molar-refractivity contribution is 0.300. The van der Waals surface area contributed by atoms with Crippen LogP contribution in [-0.2, 0) is 0 Å². The van der Waals surface area contributed by atoms with Gasteiger partial charge in [0.25, 0.3) is 5.95 Å². The van der Waals surface area contributed by atoms with Crippen LogP contribution in [0, 0.1) is 5.92 Å². The molecule has 0 fully saturated rings. The minimum atomic E-state index is 0.0141. The van der Waals surface area contributed by atoms with E-state index in [2.05, 4.69) is 24.0 Å². The van der Waals surface area contributed by atoms with E-state index in [1.165, 1.54) is 0 Å².